The highest BCUT2D eigenvalue weighted by Crippen LogP contribution is 2.36. The molecule has 1 fully saturated rings. The zero-order chi connectivity index (χ0) is 17.9. The molecule has 1 N–H and O–H groups in total. The third kappa shape index (κ3) is 3.18. The maximum Gasteiger partial charge on any atom is 0.265 e. The molecule has 0 spiro atoms. The SMILES string of the molecule is CCN1C(=O)C(=Cc2c(OC)cc(OC)cc2OC)C(=O)NC1=S. The summed E-state index contributed by atoms with van der Waals surface area (Å²) >= 11 is 5.01. The van der Waals surface area contributed by atoms with Gasteiger partial charge < -0.3 is 14.2 Å². The maximum atomic E-state index is 12.5. The Morgan fingerprint density at radius 2 is 1.71 bits per heavy atom. The van der Waals surface area contributed by atoms with Gasteiger partial charge in [0.25, 0.3) is 11.8 Å². The van der Waals surface area contributed by atoms with Crippen LogP contribution in [0.2, 0.25) is 0 Å². The summed E-state index contributed by atoms with van der Waals surface area (Å²) in [4.78, 5) is 26.0. The van der Waals surface area contributed by atoms with Gasteiger partial charge >= 0.3 is 0 Å². The van der Waals surface area contributed by atoms with E-state index in [0.29, 0.717) is 29.4 Å². The van der Waals surface area contributed by atoms with E-state index in [4.69, 9.17) is 26.4 Å². The van der Waals surface area contributed by atoms with Crippen LogP contribution in [0, 0.1) is 0 Å². The Hall–Kier alpha value is -2.61. The number of carbonyl (C=O) groups is 2. The van der Waals surface area contributed by atoms with Gasteiger partial charge in [-0.15, -0.1) is 0 Å². The molecule has 1 heterocycles. The summed E-state index contributed by atoms with van der Waals surface area (Å²) in [5.41, 5.74) is 0.412. The zero-order valence-corrected chi connectivity index (χ0v) is 14.7. The van der Waals surface area contributed by atoms with Gasteiger partial charge in [-0.2, -0.15) is 0 Å². The molecule has 2 amide bonds. The number of hydrogen-bond acceptors (Lipinski definition) is 6. The number of thiocarbonyl (C=S) groups is 1. The van der Waals surface area contributed by atoms with Crippen molar-refractivity contribution in [3.05, 3.63) is 23.3 Å². The summed E-state index contributed by atoms with van der Waals surface area (Å²) in [7, 11) is 4.48. The smallest absolute Gasteiger partial charge is 0.265 e. The lowest BCUT2D eigenvalue weighted by molar-refractivity contribution is -0.128. The fraction of sp³-hybridized carbons (Fsp3) is 0.312. The van der Waals surface area contributed by atoms with Crippen LogP contribution < -0.4 is 19.5 Å². The minimum atomic E-state index is -0.561. The van der Waals surface area contributed by atoms with E-state index in [1.54, 1.807) is 19.1 Å². The lowest BCUT2D eigenvalue weighted by Gasteiger charge is -2.27. The number of ether oxygens (including phenoxy) is 3. The van der Waals surface area contributed by atoms with Gasteiger partial charge in [-0.25, -0.2) is 0 Å². The van der Waals surface area contributed by atoms with Crippen LogP contribution >= 0.6 is 12.2 Å². The number of likely N-dealkylation sites (N-methyl/N-ethyl adjacent to an activating group) is 1. The standard InChI is InChI=1S/C16H18N2O5S/c1-5-18-15(20)11(14(19)17-16(18)24)8-10-12(22-3)6-9(21-2)7-13(10)23-4/h6-8H,5H2,1-4H3,(H,17,19,24). The molecule has 1 saturated heterocycles. The molecule has 0 aliphatic carbocycles. The lowest BCUT2D eigenvalue weighted by Crippen LogP contribution is -2.53. The van der Waals surface area contributed by atoms with Crippen LogP contribution in [0.25, 0.3) is 6.08 Å². The van der Waals surface area contributed by atoms with Crippen molar-refractivity contribution in [3.63, 3.8) is 0 Å². The Labute approximate surface area is 145 Å². The summed E-state index contributed by atoms with van der Waals surface area (Å²) in [6.07, 6.45) is 1.43. The number of rotatable bonds is 5. The molecule has 1 aromatic carbocycles. The molecule has 0 aromatic heterocycles. The molecule has 1 aliphatic rings. The van der Waals surface area contributed by atoms with Gasteiger partial charge in [0.1, 0.15) is 22.8 Å². The number of carbonyl (C=O) groups excluding carboxylic acids is 2. The number of nitrogens with zero attached hydrogens (tertiary/aromatic N) is 1. The van der Waals surface area contributed by atoms with Crippen LogP contribution in [0.4, 0.5) is 0 Å². The molecule has 0 bridgehead atoms. The average Bonchev–Trinajstić information content (AvgIpc) is 2.58. The van der Waals surface area contributed by atoms with Gasteiger partial charge in [-0.1, -0.05) is 0 Å². The Kier molecular flexibility index (Phi) is 5.40. The fourth-order valence-corrected chi connectivity index (χ4v) is 2.61. The second kappa shape index (κ2) is 7.31. The van der Waals surface area contributed by atoms with Crippen LogP contribution in [-0.2, 0) is 9.59 Å². The van der Waals surface area contributed by atoms with Crippen LogP contribution in [0.3, 0.4) is 0 Å². The monoisotopic (exact) mass is 350 g/mol. The fourth-order valence-electron chi connectivity index (χ4n) is 2.30. The van der Waals surface area contributed by atoms with Crippen molar-refractivity contribution in [1.82, 2.24) is 10.2 Å². The Balaban J connectivity index is 2.59. The van der Waals surface area contributed by atoms with E-state index in [1.165, 1.54) is 32.3 Å². The maximum absolute atomic E-state index is 12.5. The Morgan fingerprint density at radius 1 is 1.12 bits per heavy atom. The normalized spacial score (nSPS) is 16.2. The zero-order valence-electron chi connectivity index (χ0n) is 13.8. The van der Waals surface area contributed by atoms with E-state index in [9.17, 15) is 9.59 Å². The molecule has 128 valence electrons. The van der Waals surface area contributed by atoms with E-state index in [1.807, 2.05) is 0 Å². The van der Waals surface area contributed by atoms with Gasteiger partial charge in [0.05, 0.1) is 26.9 Å². The number of amides is 2. The third-order valence-electron chi connectivity index (χ3n) is 3.54. The molecular formula is C16H18N2O5S. The number of hydrogen-bond donors (Lipinski definition) is 1. The summed E-state index contributed by atoms with van der Waals surface area (Å²) in [6.45, 7) is 2.13. The first-order chi connectivity index (χ1) is 11.5. The van der Waals surface area contributed by atoms with E-state index in [-0.39, 0.29) is 10.7 Å². The summed E-state index contributed by atoms with van der Waals surface area (Å²) < 4.78 is 15.8. The third-order valence-corrected chi connectivity index (χ3v) is 3.87. The molecule has 0 atom stereocenters. The van der Waals surface area contributed by atoms with Gasteiger partial charge in [0, 0.05) is 18.7 Å². The van der Waals surface area contributed by atoms with Gasteiger partial charge in [0.2, 0.25) is 0 Å². The van der Waals surface area contributed by atoms with E-state index >= 15 is 0 Å². The summed E-state index contributed by atoms with van der Waals surface area (Å²) in [6, 6.07) is 3.28. The quantitative estimate of drug-likeness (QED) is 0.491. The van der Waals surface area contributed by atoms with E-state index in [2.05, 4.69) is 5.32 Å². The predicted molar refractivity (Wildman–Crippen MR) is 92.2 cm³/mol. The summed E-state index contributed by atoms with van der Waals surface area (Å²) in [5, 5.41) is 2.60. The van der Waals surface area contributed by atoms with Gasteiger partial charge in [0.15, 0.2) is 5.11 Å². The largest absolute Gasteiger partial charge is 0.496 e. The molecule has 24 heavy (non-hydrogen) atoms. The Morgan fingerprint density at radius 3 is 2.17 bits per heavy atom. The first-order valence-corrected chi connectivity index (χ1v) is 7.56. The molecule has 1 aliphatic heterocycles. The number of methoxy groups -OCH3 is 3. The second-order valence-corrected chi connectivity index (χ2v) is 5.20. The van der Waals surface area contributed by atoms with Crippen molar-refractivity contribution in [1.29, 1.82) is 0 Å². The summed E-state index contributed by atoms with van der Waals surface area (Å²) in [5.74, 6) is 0.327. The van der Waals surface area contributed by atoms with Crippen molar-refractivity contribution in [2.45, 2.75) is 6.92 Å². The van der Waals surface area contributed by atoms with Crippen molar-refractivity contribution in [2.75, 3.05) is 27.9 Å². The first-order valence-electron chi connectivity index (χ1n) is 7.15. The van der Waals surface area contributed by atoms with Gasteiger partial charge in [-0.3, -0.25) is 19.8 Å². The van der Waals surface area contributed by atoms with Crippen molar-refractivity contribution in [2.24, 2.45) is 0 Å². The topological polar surface area (TPSA) is 77.1 Å². The highest BCUT2D eigenvalue weighted by molar-refractivity contribution is 7.80. The first kappa shape index (κ1) is 17.7. The molecule has 7 nitrogen and oxygen atoms in total. The van der Waals surface area contributed by atoms with Crippen molar-refractivity contribution < 1.29 is 23.8 Å². The van der Waals surface area contributed by atoms with E-state index in [0.717, 1.165) is 0 Å². The molecule has 8 heteroatoms. The van der Waals surface area contributed by atoms with Crippen molar-refractivity contribution >= 4 is 35.2 Å². The average molecular weight is 350 g/mol. The minimum Gasteiger partial charge on any atom is -0.496 e. The molecule has 2 rings (SSSR count). The Bertz CT molecular complexity index is 704. The number of benzene rings is 1. The highest BCUT2D eigenvalue weighted by atomic mass is 32.1. The molecule has 0 radical (unpaired) electrons. The second-order valence-electron chi connectivity index (χ2n) is 4.81. The van der Waals surface area contributed by atoms with Crippen LogP contribution in [0.1, 0.15) is 12.5 Å². The highest BCUT2D eigenvalue weighted by Gasteiger charge is 2.33. The molecule has 1 aromatic rings. The minimum absolute atomic E-state index is 0.0489. The number of nitrogens with one attached hydrogen (secondary N) is 1. The molecule has 0 saturated carbocycles. The predicted octanol–water partition coefficient (Wildman–Crippen LogP) is 1.36. The lowest BCUT2D eigenvalue weighted by atomic mass is 10.1. The van der Waals surface area contributed by atoms with Crippen LogP contribution in [-0.4, -0.2) is 49.7 Å². The van der Waals surface area contributed by atoms with Crippen molar-refractivity contribution in [3.8, 4) is 17.2 Å². The van der Waals surface area contributed by atoms with Crippen LogP contribution in [0.15, 0.2) is 17.7 Å². The molecular weight excluding hydrogens is 332 g/mol. The van der Waals surface area contributed by atoms with E-state index < -0.39 is 11.8 Å². The van der Waals surface area contributed by atoms with Gasteiger partial charge in [-0.05, 0) is 25.2 Å². The van der Waals surface area contributed by atoms with Crippen LogP contribution in [0.5, 0.6) is 17.2 Å². The molecule has 0 unspecified atom stereocenters.